The Morgan fingerprint density at radius 3 is 1.25 bits per heavy atom. The molecule has 14 heteroatoms. The van der Waals surface area contributed by atoms with Crippen molar-refractivity contribution < 1.29 is 53.3 Å². The van der Waals surface area contributed by atoms with Crippen LogP contribution in [0.25, 0.3) is 0 Å². The summed E-state index contributed by atoms with van der Waals surface area (Å²) in [6, 6.07) is 12.5. The van der Waals surface area contributed by atoms with Crippen LogP contribution in [-0.4, -0.2) is 47.8 Å². The van der Waals surface area contributed by atoms with E-state index in [0.717, 1.165) is 60.7 Å². The number of nitrogens with zero attached hydrogens (tertiary/aromatic N) is 1. The van der Waals surface area contributed by atoms with Crippen molar-refractivity contribution in [2.75, 3.05) is 21.3 Å². The van der Waals surface area contributed by atoms with Crippen LogP contribution in [0.4, 0.5) is 26.3 Å². The van der Waals surface area contributed by atoms with Gasteiger partial charge in [-0.3, -0.25) is 4.28 Å². The number of hydrogen-bond acceptors (Lipinski definition) is 7. The Hall–Kier alpha value is -3.94. The minimum atomic E-state index is -5.35. The molecule has 2 unspecified atom stereocenters. The number of rotatable bonds is 10. The molecule has 0 amide bonds. The molecule has 3 rings (SSSR count). The Balaban J connectivity index is 2.25. The van der Waals surface area contributed by atoms with Crippen molar-refractivity contribution in [3.63, 3.8) is 0 Å². The zero-order valence-electron chi connectivity index (χ0n) is 21.2. The molecule has 216 valence electrons. The van der Waals surface area contributed by atoms with Crippen molar-refractivity contribution >= 4 is 15.8 Å². The van der Waals surface area contributed by atoms with Gasteiger partial charge in [-0.1, -0.05) is 29.4 Å². The van der Waals surface area contributed by atoms with E-state index in [9.17, 15) is 34.8 Å². The first kappa shape index (κ1) is 30.6. The fraction of sp³-hybridized carbons (Fsp3) is 0.269. The zero-order valence-corrected chi connectivity index (χ0v) is 22.0. The van der Waals surface area contributed by atoms with Crippen molar-refractivity contribution in [2.24, 2.45) is 5.16 Å². The highest BCUT2D eigenvalue weighted by molar-refractivity contribution is 7.86. The summed E-state index contributed by atoms with van der Waals surface area (Å²) < 4.78 is 132. The van der Waals surface area contributed by atoms with Gasteiger partial charge in [0, 0.05) is 0 Å². The fourth-order valence-corrected chi connectivity index (χ4v) is 4.54. The van der Waals surface area contributed by atoms with Gasteiger partial charge in [-0.25, -0.2) is 0 Å². The highest BCUT2D eigenvalue weighted by Crippen LogP contribution is 2.46. The van der Waals surface area contributed by atoms with Gasteiger partial charge in [0.05, 0.1) is 27.0 Å². The van der Waals surface area contributed by atoms with E-state index in [1.54, 1.807) is 0 Å². The van der Waals surface area contributed by atoms with Crippen molar-refractivity contribution in [3.05, 3.63) is 83.9 Å². The molecule has 0 bridgehead atoms. The number of oxime groups is 1. The van der Waals surface area contributed by atoms with E-state index in [0.29, 0.717) is 0 Å². The molecule has 0 aromatic heterocycles. The Kier molecular flexibility index (Phi) is 9.23. The standard InChI is InChI=1S/C26H23F6NO6S/c1-36-18-8-4-16(5-9-18)22(25(27,28)29)24(23(26(30,31)32)17-6-10-19(37-2)11-7-17)33-39-40(34,35)21-14-12-20(38-3)13-15-21/h4-15,22-23H,1-3H3. The minimum absolute atomic E-state index is 0.143. The van der Waals surface area contributed by atoms with Gasteiger partial charge in [0.25, 0.3) is 0 Å². The first-order valence-electron chi connectivity index (χ1n) is 11.3. The molecule has 0 aliphatic heterocycles. The number of hydrogen-bond donors (Lipinski definition) is 0. The average molecular weight is 592 g/mol. The summed E-state index contributed by atoms with van der Waals surface area (Å²) in [5, 5.41) is 3.08. The Labute approximate surface area is 226 Å². The molecule has 0 heterocycles. The van der Waals surface area contributed by atoms with Crippen molar-refractivity contribution in [1.82, 2.24) is 0 Å². The van der Waals surface area contributed by atoms with Gasteiger partial charge in [-0.05, 0) is 59.7 Å². The van der Waals surface area contributed by atoms with Gasteiger partial charge in [0.15, 0.2) is 0 Å². The summed E-state index contributed by atoms with van der Waals surface area (Å²) in [6.07, 6.45) is -10.7. The second-order valence-electron chi connectivity index (χ2n) is 8.22. The predicted octanol–water partition coefficient (Wildman–Crippen LogP) is 6.47. The van der Waals surface area contributed by atoms with Gasteiger partial charge >= 0.3 is 22.5 Å². The van der Waals surface area contributed by atoms with Gasteiger partial charge in [0.1, 0.15) is 34.0 Å². The van der Waals surface area contributed by atoms with Crippen LogP contribution in [0.3, 0.4) is 0 Å². The van der Waals surface area contributed by atoms with E-state index in [-0.39, 0.29) is 17.2 Å². The molecule has 0 N–H and O–H groups in total. The van der Waals surface area contributed by atoms with Crippen LogP contribution in [0.1, 0.15) is 23.0 Å². The topological polar surface area (TPSA) is 83.4 Å². The van der Waals surface area contributed by atoms with Gasteiger partial charge in [-0.2, -0.15) is 34.8 Å². The average Bonchev–Trinajstić information content (AvgIpc) is 2.91. The van der Waals surface area contributed by atoms with Crippen LogP contribution in [0.5, 0.6) is 17.2 Å². The van der Waals surface area contributed by atoms with E-state index in [1.807, 2.05) is 0 Å². The highest BCUT2D eigenvalue weighted by Gasteiger charge is 2.54. The number of ether oxygens (including phenoxy) is 3. The maximum atomic E-state index is 14.5. The molecular weight excluding hydrogens is 568 g/mol. The lowest BCUT2D eigenvalue weighted by Crippen LogP contribution is -2.38. The molecule has 2 atom stereocenters. The number of alkyl halides is 6. The maximum absolute atomic E-state index is 14.5. The second kappa shape index (κ2) is 12.1. The zero-order chi connectivity index (χ0) is 29.7. The third-order valence-electron chi connectivity index (χ3n) is 5.73. The number of halogens is 6. The monoisotopic (exact) mass is 591 g/mol. The number of methoxy groups -OCH3 is 3. The summed E-state index contributed by atoms with van der Waals surface area (Å²) in [5.41, 5.74) is -2.95. The quantitative estimate of drug-likeness (QED) is 0.153. The van der Waals surface area contributed by atoms with E-state index >= 15 is 0 Å². The van der Waals surface area contributed by atoms with Crippen LogP contribution in [-0.2, 0) is 14.4 Å². The van der Waals surface area contributed by atoms with Crippen molar-refractivity contribution in [2.45, 2.75) is 29.1 Å². The van der Waals surface area contributed by atoms with Crippen LogP contribution < -0.4 is 14.2 Å². The molecule has 3 aromatic carbocycles. The van der Waals surface area contributed by atoms with Gasteiger partial charge in [0.2, 0.25) is 0 Å². The Morgan fingerprint density at radius 1 is 0.625 bits per heavy atom. The fourth-order valence-electron chi connectivity index (χ4n) is 3.80. The third-order valence-corrected chi connectivity index (χ3v) is 6.85. The largest absolute Gasteiger partial charge is 0.497 e. The smallest absolute Gasteiger partial charge is 0.401 e. The molecule has 0 saturated carbocycles. The Morgan fingerprint density at radius 2 is 0.950 bits per heavy atom. The number of benzene rings is 3. The van der Waals surface area contributed by atoms with E-state index in [2.05, 4.69) is 9.44 Å². The second-order valence-corrected chi connectivity index (χ2v) is 9.74. The summed E-state index contributed by atoms with van der Waals surface area (Å²) in [4.78, 5) is -0.572. The molecular formula is C26H23F6NO6S. The highest BCUT2D eigenvalue weighted by atomic mass is 32.2. The van der Waals surface area contributed by atoms with E-state index in [4.69, 9.17) is 14.2 Å². The molecule has 0 fully saturated rings. The van der Waals surface area contributed by atoms with Crippen molar-refractivity contribution in [1.29, 1.82) is 0 Å². The summed E-state index contributed by atoms with van der Waals surface area (Å²) >= 11 is 0. The van der Waals surface area contributed by atoms with Crippen LogP contribution in [0, 0.1) is 0 Å². The first-order valence-corrected chi connectivity index (χ1v) is 12.7. The SMILES string of the molecule is COc1ccc(C(C(=NOS(=O)(=O)c2ccc(OC)cc2)C(c2ccc(OC)cc2)C(F)(F)F)C(F)(F)F)cc1. The molecule has 0 aliphatic rings. The summed E-state index contributed by atoms with van der Waals surface area (Å²) in [5.74, 6) is -5.50. The normalized spacial score (nSPS) is 13.6. The first-order chi connectivity index (χ1) is 18.7. The molecule has 0 saturated heterocycles. The molecule has 0 aliphatic carbocycles. The third kappa shape index (κ3) is 7.17. The summed E-state index contributed by atoms with van der Waals surface area (Å²) in [7, 11) is -1.12. The molecule has 3 aromatic rings. The lowest BCUT2D eigenvalue weighted by Gasteiger charge is -2.29. The van der Waals surface area contributed by atoms with Gasteiger partial charge in [-0.15, -0.1) is 0 Å². The molecule has 40 heavy (non-hydrogen) atoms. The van der Waals surface area contributed by atoms with Crippen LogP contribution in [0.15, 0.2) is 82.8 Å². The van der Waals surface area contributed by atoms with Crippen molar-refractivity contribution in [3.8, 4) is 17.2 Å². The summed E-state index contributed by atoms with van der Waals surface area (Å²) in [6.45, 7) is 0. The van der Waals surface area contributed by atoms with Crippen LogP contribution >= 0.6 is 0 Å². The van der Waals surface area contributed by atoms with Crippen LogP contribution in [0.2, 0.25) is 0 Å². The lowest BCUT2D eigenvalue weighted by molar-refractivity contribution is -0.148. The molecule has 7 nitrogen and oxygen atoms in total. The van der Waals surface area contributed by atoms with E-state index < -0.39 is 56.0 Å². The predicted molar refractivity (Wildman–Crippen MR) is 132 cm³/mol. The molecule has 0 spiro atoms. The Bertz CT molecular complexity index is 1340. The maximum Gasteiger partial charge on any atom is 0.401 e. The van der Waals surface area contributed by atoms with E-state index in [1.165, 1.54) is 33.5 Å². The minimum Gasteiger partial charge on any atom is -0.497 e. The van der Waals surface area contributed by atoms with Gasteiger partial charge < -0.3 is 14.2 Å². The molecule has 0 radical (unpaired) electrons. The lowest BCUT2D eigenvalue weighted by atomic mass is 9.82.